The van der Waals surface area contributed by atoms with Gasteiger partial charge in [0.25, 0.3) is 11.8 Å². The molecule has 1 aliphatic carbocycles. The minimum absolute atomic E-state index is 0.0953. The summed E-state index contributed by atoms with van der Waals surface area (Å²) in [6.07, 6.45) is 2.27. The Morgan fingerprint density at radius 1 is 1.13 bits per heavy atom. The Bertz CT molecular complexity index is 1310. The molecule has 2 aromatic carbocycles. The minimum atomic E-state index is -0.839. The fraction of sp³-hybridized carbons (Fsp3) is 0.448. The van der Waals surface area contributed by atoms with E-state index in [0.717, 1.165) is 0 Å². The average molecular weight is 556 g/mol. The molecule has 1 aliphatic rings. The smallest absolute Gasteiger partial charge is 0.309 e. The summed E-state index contributed by atoms with van der Waals surface area (Å²) in [5.74, 6) is -1.45. The van der Waals surface area contributed by atoms with Gasteiger partial charge in [-0.3, -0.25) is 14.4 Å². The van der Waals surface area contributed by atoms with Crippen molar-refractivity contribution in [3.8, 4) is 17.6 Å². The summed E-state index contributed by atoms with van der Waals surface area (Å²) in [5.41, 5.74) is -0.539. The third-order valence-electron chi connectivity index (χ3n) is 7.32. The lowest BCUT2D eigenvalue weighted by Crippen LogP contribution is -2.43. The van der Waals surface area contributed by atoms with Gasteiger partial charge in [-0.15, -0.1) is 0 Å². The first kappa shape index (κ1) is 29.8. The van der Waals surface area contributed by atoms with Crippen molar-refractivity contribution in [3.05, 3.63) is 52.0 Å². The highest BCUT2D eigenvalue weighted by Crippen LogP contribution is 2.39. The van der Waals surface area contributed by atoms with Gasteiger partial charge in [0.15, 0.2) is 0 Å². The number of methoxy groups -OCH3 is 1. The molecule has 1 saturated carbocycles. The number of ether oxygens (including phenoxy) is 2. The largest absolute Gasteiger partial charge is 0.496 e. The van der Waals surface area contributed by atoms with Crippen LogP contribution in [-0.2, 0) is 4.79 Å². The first-order valence-electron chi connectivity index (χ1n) is 12.8. The van der Waals surface area contributed by atoms with Crippen LogP contribution in [0.1, 0.15) is 86.1 Å². The van der Waals surface area contributed by atoms with E-state index in [0.29, 0.717) is 37.1 Å². The Morgan fingerprint density at radius 2 is 1.79 bits per heavy atom. The van der Waals surface area contributed by atoms with Crippen LogP contribution in [0.25, 0.3) is 0 Å². The fourth-order valence-electron chi connectivity index (χ4n) is 4.30. The van der Waals surface area contributed by atoms with Crippen molar-refractivity contribution >= 4 is 35.1 Å². The van der Waals surface area contributed by atoms with Gasteiger partial charge in [-0.1, -0.05) is 18.5 Å². The molecular weight excluding hydrogens is 522 g/mol. The van der Waals surface area contributed by atoms with Crippen molar-refractivity contribution in [1.82, 2.24) is 5.32 Å². The number of nitriles is 1. The maximum absolute atomic E-state index is 13.5. The Hall–Kier alpha value is -3.77. The number of nitrogens with zero attached hydrogens (tertiary/aromatic N) is 1. The summed E-state index contributed by atoms with van der Waals surface area (Å²) in [6.45, 7) is 7.47. The molecule has 0 atom stereocenters. The lowest BCUT2D eigenvalue weighted by molar-refractivity contribution is -0.150. The van der Waals surface area contributed by atoms with Crippen LogP contribution in [0.15, 0.2) is 30.3 Å². The van der Waals surface area contributed by atoms with Crippen molar-refractivity contribution in [2.24, 2.45) is 5.41 Å². The van der Waals surface area contributed by atoms with Gasteiger partial charge in [-0.25, -0.2) is 0 Å². The monoisotopic (exact) mass is 555 g/mol. The second kappa shape index (κ2) is 12.0. The lowest BCUT2D eigenvalue weighted by atomic mass is 9.75. The number of amides is 2. The summed E-state index contributed by atoms with van der Waals surface area (Å²) in [4.78, 5) is 38.0. The average Bonchev–Trinajstić information content (AvgIpc) is 2.89. The highest BCUT2D eigenvalue weighted by atomic mass is 35.5. The normalized spacial score (nSPS) is 18.9. The molecule has 0 saturated heterocycles. The van der Waals surface area contributed by atoms with E-state index in [4.69, 9.17) is 21.1 Å². The quantitative estimate of drug-likeness (QED) is 0.355. The number of carbonyl (C=O) groups is 3. The summed E-state index contributed by atoms with van der Waals surface area (Å²) in [7, 11) is 1.38. The zero-order valence-electron chi connectivity index (χ0n) is 22.8. The van der Waals surface area contributed by atoms with Crippen LogP contribution < -0.4 is 20.1 Å². The highest BCUT2D eigenvalue weighted by Gasteiger charge is 2.38. The molecule has 10 heteroatoms. The van der Waals surface area contributed by atoms with Gasteiger partial charge in [0.1, 0.15) is 17.6 Å². The summed E-state index contributed by atoms with van der Waals surface area (Å²) < 4.78 is 11.5. The third kappa shape index (κ3) is 7.01. The number of benzene rings is 2. The molecule has 9 nitrogen and oxygen atoms in total. The number of nitrogens with one attached hydrogen (secondary N) is 2. The first-order valence-corrected chi connectivity index (χ1v) is 13.2. The molecule has 0 radical (unpaired) electrons. The molecule has 0 heterocycles. The van der Waals surface area contributed by atoms with Crippen molar-refractivity contribution < 1.29 is 29.0 Å². The topological polar surface area (TPSA) is 138 Å². The molecule has 3 rings (SSSR count). The van der Waals surface area contributed by atoms with Crippen molar-refractivity contribution in [2.45, 2.75) is 71.4 Å². The predicted molar refractivity (Wildman–Crippen MR) is 148 cm³/mol. The van der Waals surface area contributed by atoms with E-state index in [1.165, 1.54) is 31.4 Å². The van der Waals surface area contributed by atoms with Gasteiger partial charge in [0, 0.05) is 16.6 Å². The molecule has 1 fully saturated rings. The molecule has 2 amide bonds. The Morgan fingerprint density at radius 3 is 2.36 bits per heavy atom. The molecular formula is C29H34ClN3O6. The molecule has 2 aromatic rings. The zero-order chi connectivity index (χ0) is 29.0. The fourth-order valence-corrected chi connectivity index (χ4v) is 4.47. The molecule has 0 aromatic heterocycles. The molecule has 208 valence electrons. The van der Waals surface area contributed by atoms with Crippen LogP contribution in [-0.4, -0.2) is 41.6 Å². The van der Waals surface area contributed by atoms with Gasteiger partial charge in [0.2, 0.25) is 0 Å². The van der Waals surface area contributed by atoms with Crippen molar-refractivity contribution in [3.63, 3.8) is 0 Å². The number of carboxylic acid groups (broad SMARTS) is 1. The van der Waals surface area contributed by atoms with Crippen LogP contribution >= 0.6 is 11.6 Å². The Balaban J connectivity index is 1.90. The molecule has 0 spiro atoms. The second-order valence-corrected chi connectivity index (χ2v) is 11.1. The number of rotatable bonds is 9. The summed E-state index contributed by atoms with van der Waals surface area (Å²) in [6, 6.07) is 9.52. The number of hydrogen-bond acceptors (Lipinski definition) is 6. The van der Waals surface area contributed by atoms with Crippen molar-refractivity contribution in [1.29, 1.82) is 5.26 Å². The number of hydrogen-bond donors (Lipinski definition) is 3. The molecule has 0 unspecified atom stereocenters. The minimum Gasteiger partial charge on any atom is -0.496 e. The van der Waals surface area contributed by atoms with E-state index in [1.54, 1.807) is 13.0 Å². The summed E-state index contributed by atoms with van der Waals surface area (Å²) in [5, 5.41) is 25.2. The number of aliphatic carboxylic acids is 1. The molecule has 0 bridgehead atoms. The maximum Gasteiger partial charge on any atom is 0.309 e. The van der Waals surface area contributed by atoms with Gasteiger partial charge in [-0.2, -0.15) is 5.26 Å². The number of carboxylic acids is 1. The third-order valence-corrected chi connectivity index (χ3v) is 7.56. The van der Waals surface area contributed by atoms with Crippen LogP contribution in [0.3, 0.4) is 0 Å². The lowest BCUT2D eigenvalue weighted by Gasteiger charge is -2.34. The Kier molecular flexibility index (Phi) is 9.13. The van der Waals surface area contributed by atoms with Gasteiger partial charge in [0.05, 0.1) is 41.0 Å². The molecule has 0 aliphatic heterocycles. The standard InChI is InChI=1S/C29H34ClN3O6/c1-6-28(2,3)33-26(35)20-8-7-18(30)14-22(20)32-25(34)21-15-23(17(16-31)13-24(21)38-5)39-19-9-11-29(4,12-10-19)27(36)37/h7-8,13-15,19H,6,9-12H2,1-5H3,(H,32,34)(H,33,35)(H,36,37)/t19-,29+. The van der Waals surface area contributed by atoms with E-state index in [2.05, 4.69) is 16.7 Å². The van der Waals surface area contributed by atoms with Crippen LogP contribution in [0.2, 0.25) is 5.02 Å². The van der Waals surface area contributed by atoms with Crippen molar-refractivity contribution in [2.75, 3.05) is 12.4 Å². The predicted octanol–water partition coefficient (Wildman–Crippen LogP) is 5.80. The number of halogens is 1. The van der Waals surface area contributed by atoms with E-state index in [-0.39, 0.29) is 45.9 Å². The SMILES string of the molecule is CCC(C)(C)NC(=O)c1ccc(Cl)cc1NC(=O)c1cc(O[C@H]2CC[C@@](C)(C(=O)O)CC2)c(C#N)cc1OC. The zero-order valence-corrected chi connectivity index (χ0v) is 23.6. The van der Waals surface area contributed by atoms with E-state index >= 15 is 0 Å². The number of carbonyl (C=O) groups excluding carboxylic acids is 2. The first-order chi connectivity index (χ1) is 18.3. The highest BCUT2D eigenvalue weighted by molar-refractivity contribution is 6.31. The molecule has 3 N–H and O–H groups in total. The van der Waals surface area contributed by atoms with Gasteiger partial charge in [-0.05, 0) is 77.1 Å². The van der Waals surface area contributed by atoms with E-state index in [1.807, 2.05) is 20.8 Å². The van der Waals surface area contributed by atoms with Crippen LogP contribution in [0, 0.1) is 16.7 Å². The second-order valence-electron chi connectivity index (χ2n) is 10.7. The van der Waals surface area contributed by atoms with Gasteiger partial charge >= 0.3 is 5.97 Å². The van der Waals surface area contributed by atoms with E-state index < -0.39 is 22.8 Å². The molecule has 39 heavy (non-hydrogen) atoms. The van der Waals surface area contributed by atoms with Gasteiger partial charge < -0.3 is 25.2 Å². The Labute approximate surface area is 233 Å². The van der Waals surface area contributed by atoms with Crippen LogP contribution in [0.4, 0.5) is 5.69 Å². The van der Waals surface area contributed by atoms with E-state index in [9.17, 15) is 24.8 Å². The summed E-state index contributed by atoms with van der Waals surface area (Å²) >= 11 is 6.18. The van der Waals surface area contributed by atoms with Crippen LogP contribution in [0.5, 0.6) is 11.5 Å². The number of anilines is 1. The maximum atomic E-state index is 13.5.